The zero-order valence-corrected chi connectivity index (χ0v) is 12.0. The molecule has 0 spiro atoms. The van der Waals surface area contributed by atoms with Crippen molar-refractivity contribution in [2.75, 3.05) is 6.54 Å². The van der Waals surface area contributed by atoms with E-state index in [4.69, 9.17) is 11.6 Å². The smallest absolute Gasteiger partial charge is 0.242 e. The predicted molar refractivity (Wildman–Crippen MR) is 79.2 cm³/mol. The van der Waals surface area contributed by atoms with Crippen molar-refractivity contribution in [2.45, 2.75) is 43.9 Å². The molecule has 19 heavy (non-hydrogen) atoms. The Morgan fingerprint density at radius 1 is 1.21 bits per heavy atom. The van der Waals surface area contributed by atoms with E-state index in [1.807, 2.05) is 30.3 Å². The zero-order chi connectivity index (χ0) is 13.5. The topological polar surface area (TPSA) is 29.1 Å². The lowest BCUT2D eigenvalue weighted by atomic mass is 9.87. The van der Waals surface area contributed by atoms with Gasteiger partial charge in [-0.3, -0.25) is 4.79 Å². The van der Waals surface area contributed by atoms with E-state index in [9.17, 15) is 4.79 Å². The molecular formula is C16H22ClNO. The van der Waals surface area contributed by atoms with Crippen molar-refractivity contribution in [3.63, 3.8) is 0 Å². The molecule has 1 unspecified atom stereocenters. The van der Waals surface area contributed by atoms with Crippen LogP contribution in [0.25, 0.3) is 0 Å². The zero-order valence-electron chi connectivity index (χ0n) is 11.3. The molecular weight excluding hydrogens is 258 g/mol. The lowest BCUT2D eigenvalue weighted by Crippen LogP contribution is -2.29. The summed E-state index contributed by atoms with van der Waals surface area (Å²) in [5.74, 6) is 0.711. The minimum absolute atomic E-state index is 0.0799. The number of nitrogens with one attached hydrogen (secondary N) is 1. The third kappa shape index (κ3) is 4.54. The highest BCUT2D eigenvalue weighted by atomic mass is 35.5. The summed E-state index contributed by atoms with van der Waals surface area (Å²) in [5, 5.41) is 2.38. The van der Waals surface area contributed by atoms with E-state index < -0.39 is 5.38 Å². The molecule has 0 heterocycles. The first-order chi connectivity index (χ1) is 9.27. The molecule has 104 valence electrons. The molecule has 0 radical (unpaired) electrons. The SMILES string of the molecule is O=C(NCCC1CCCCC1)C(Cl)c1ccccc1. The van der Waals surface area contributed by atoms with Crippen LogP contribution in [0.3, 0.4) is 0 Å². The normalized spacial score (nSPS) is 17.9. The highest BCUT2D eigenvalue weighted by Gasteiger charge is 2.18. The van der Waals surface area contributed by atoms with Crippen LogP contribution in [-0.2, 0) is 4.79 Å². The third-order valence-electron chi connectivity index (χ3n) is 3.90. The molecule has 1 aliphatic carbocycles. The van der Waals surface area contributed by atoms with Crippen LogP contribution in [0, 0.1) is 5.92 Å². The molecule has 1 fully saturated rings. The van der Waals surface area contributed by atoms with E-state index in [-0.39, 0.29) is 5.91 Å². The highest BCUT2D eigenvalue weighted by molar-refractivity contribution is 6.30. The van der Waals surface area contributed by atoms with Crippen LogP contribution >= 0.6 is 11.6 Å². The quantitative estimate of drug-likeness (QED) is 0.810. The number of carbonyl (C=O) groups excluding carboxylic acids is 1. The molecule has 1 saturated carbocycles. The molecule has 1 amide bonds. The third-order valence-corrected chi connectivity index (χ3v) is 4.35. The van der Waals surface area contributed by atoms with E-state index in [1.165, 1.54) is 32.1 Å². The van der Waals surface area contributed by atoms with Crippen LogP contribution < -0.4 is 5.32 Å². The lowest BCUT2D eigenvalue weighted by molar-refractivity contribution is -0.120. The maximum absolute atomic E-state index is 11.9. The number of hydrogen-bond donors (Lipinski definition) is 1. The van der Waals surface area contributed by atoms with Gasteiger partial charge in [0.2, 0.25) is 5.91 Å². The molecule has 1 aliphatic rings. The molecule has 2 nitrogen and oxygen atoms in total. The second kappa shape index (κ2) is 7.54. The maximum atomic E-state index is 11.9. The summed E-state index contributed by atoms with van der Waals surface area (Å²) >= 11 is 6.17. The van der Waals surface area contributed by atoms with Gasteiger partial charge in [-0.05, 0) is 17.9 Å². The van der Waals surface area contributed by atoms with E-state index in [2.05, 4.69) is 5.32 Å². The monoisotopic (exact) mass is 279 g/mol. The minimum Gasteiger partial charge on any atom is -0.355 e. The van der Waals surface area contributed by atoms with Crippen LogP contribution in [-0.4, -0.2) is 12.5 Å². The van der Waals surface area contributed by atoms with Gasteiger partial charge in [0.25, 0.3) is 0 Å². The average molecular weight is 280 g/mol. The molecule has 3 heteroatoms. The molecule has 0 aromatic heterocycles. The van der Waals surface area contributed by atoms with Gasteiger partial charge in [-0.15, -0.1) is 11.6 Å². The van der Waals surface area contributed by atoms with E-state index in [0.29, 0.717) is 0 Å². The van der Waals surface area contributed by atoms with Crippen LogP contribution in [0.1, 0.15) is 49.5 Å². The Morgan fingerprint density at radius 2 is 1.89 bits per heavy atom. The minimum atomic E-state index is -0.576. The summed E-state index contributed by atoms with van der Waals surface area (Å²) in [5.41, 5.74) is 0.860. The van der Waals surface area contributed by atoms with Crippen molar-refractivity contribution in [2.24, 2.45) is 5.92 Å². The van der Waals surface area contributed by atoms with Crippen LogP contribution in [0.15, 0.2) is 30.3 Å². The first-order valence-electron chi connectivity index (χ1n) is 7.24. The van der Waals surface area contributed by atoms with E-state index in [1.54, 1.807) is 0 Å². The molecule has 1 atom stereocenters. The Labute approximate surface area is 120 Å². The number of halogens is 1. The lowest BCUT2D eigenvalue weighted by Gasteiger charge is -2.21. The number of hydrogen-bond acceptors (Lipinski definition) is 1. The van der Waals surface area contributed by atoms with Gasteiger partial charge < -0.3 is 5.32 Å². The van der Waals surface area contributed by atoms with Gasteiger partial charge in [0.1, 0.15) is 5.38 Å². The molecule has 0 aliphatic heterocycles. The van der Waals surface area contributed by atoms with Crippen molar-refractivity contribution < 1.29 is 4.79 Å². The molecule has 2 rings (SSSR count). The van der Waals surface area contributed by atoms with Crippen LogP contribution in [0.4, 0.5) is 0 Å². The Hall–Kier alpha value is -1.02. The van der Waals surface area contributed by atoms with Gasteiger partial charge in [0, 0.05) is 6.54 Å². The number of carbonyl (C=O) groups is 1. The van der Waals surface area contributed by atoms with E-state index >= 15 is 0 Å². The number of alkyl halides is 1. The highest BCUT2D eigenvalue weighted by Crippen LogP contribution is 2.26. The van der Waals surface area contributed by atoms with Gasteiger partial charge in [0.15, 0.2) is 0 Å². The number of rotatable bonds is 5. The second-order valence-electron chi connectivity index (χ2n) is 5.36. The molecule has 1 aromatic rings. The van der Waals surface area contributed by atoms with Gasteiger partial charge in [-0.25, -0.2) is 0 Å². The molecule has 0 saturated heterocycles. The van der Waals surface area contributed by atoms with Gasteiger partial charge in [-0.1, -0.05) is 62.4 Å². The Balaban J connectivity index is 1.72. The second-order valence-corrected chi connectivity index (χ2v) is 5.79. The fraction of sp³-hybridized carbons (Fsp3) is 0.562. The van der Waals surface area contributed by atoms with Crippen molar-refractivity contribution >= 4 is 17.5 Å². The van der Waals surface area contributed by atoms with Gasteiger partial charge in [-0.2, -0.15) is 0 Å². The fourth-order valence-electron chi connectivity index (χ4n) is 2.74. The first kappa shape index (κ1) is 14.4. The number of benzene rings is 1. The fourth-order valence-corrected chi connectivity index (χ4v) is 2.96. The summed E-state index contributed by atoms with van der Waals surface area (Å²) < 4.78 is 0. The van der Waals surface area contributed by atoms with Gasteiger partial charge >= 0.3 is 0 Å². The molecule has 1 N–H and O–H groups in total. The standard InChI is InChI=1S/C16H22ClNO/c17-15(14-9-5-2-6-10-14)16(19)18-12-11-13-7-3-1-4-8-13/h2,5-6,9-10,13,15H,1,3-4,7-8,11-12H2,(H,18,19). The maximum Gasteiger partial charge on any atom is 0.242 e. The van der Waals surface area contributed by atoms with Gasteiger partial charge in [0.05, 0.1) is 0 Å². The molecule has 1 aromatic carbocycles. The van der Waals surface area contributed by atoms with Crippen LogP contribution in [0.5, 0.6) is 0 Å². The summed E-state index contributed by atoms with van der Waals surface area (Å²) in [6.07, 6.45) is 7.80. The summed E-state index contributed by atoms with van der Waals surface area (Å²) in [6, 6.07) is 9.50. The molecule has 0 bridgehead atoms. The Kier molecular flexibility index (Phi) is 5.71. The van der Waals surface area contributed by atoms with Crippen molar-refractivity contribution in [3.05, 3.63) is 35.9 Å². The van der Waals surface area contributed by atoms with Crippen molar-refractivity contribution in [1.82, 2.24) is 5.32 Å². The predicted octanol–water partition coefficient (Wildman–Crippen LogP) is 4.05. The summed E-state index contributed by atoms with van der Waals surface area (Å²) in [4.78, 5) is 11.9. The van der Waals surface area contributed by atoms with Crippen molar-refractivity contribution in [3.8, 4) is 0 Å². The largest absolute Gasteiger partial charge is 0.355 e. The first-order valence-corrected chi connectivity index (χ1v) is 7.68. The summed E-state index contributed by atoms with van der Waals surface area (Å²) in [6.45, 7) is 0.750. The van der Waals surface area contributed by atoms with E-state index in [0.717, 1.165) is 24.4 Å². The van der Waals surface area contributed by atoms with Crippen LogP contribution in [0.2, 0.25) is 0 Å². The number of amides is 1. The van der Waals surface area contributed by atoms with Crippen molar-refractivity contribution in [1.29, 1.82) is 0 Å². The summed E-state index contributed by atoms with van der Waals surface area (Å²) in [7, 11) is 0. The Morgan fingerprint density at radius 3 is 2.58 bits per heavy atom. The Bertz CT molecular complexity index is 387. The average Bonchev–Trinajstić information content (AvgIpc) is 2.48.